The highest BCUT2D eigenvalue weighted by molar-refractivity contribution is 7.89. The highest BCUT2D eigenvalue weighted by Gasteiger charge is 2.24. The Morgan fingerprint density at radius 3 is 2.29 bits per heavy atom. The van der Waals surface area contributed by atoms with Gasteiger partial charge in [0, 0.05) is 19.6 Å². The van der Waals surface area contributed by atoms with Crippen molar-refractivity contribution in [2.45, 2.75) is 24.8 Å². The van der Waals surface area contributed by atoms with Crippen LogP contribution in [0.2, 0.25) is 0 Å². The molecule has 0 heterocycles. The highest BCUT2D eigenvalue weighted by Crippen LogP contribution is 2.21. The van der Waals surface area contributed by atoms with Crippen LogP contribution in [0.25, 0.3) is 0 Å². The molecule has 0 aliphatic heterocycles. The molecule has 0 aliphatic rings. The van der Waals surface area contributed by atoms with Gasteiger partial charge in [-0.2, -0.15) is 4.31 Å². The van der Waals surface area contributed by atoms with E-state index >= 15 is 0 Å². The second-order valence-electron chi connectivity index (χ2n) is 5.43. The van der Waals surface area contributed by atoms with Gasteiger partial charge in [-0.05, 0) is 36.2 Å². The molecule has 2 aromatic rings. The van der Waals surface area contributed by atoms with Gasteiger partial charge in [-0.25, -0.2) is 8.42 Å². The molecule has 130 valence electrons. The van der Waals surface area contributed by atoms with Crippen LogP contribution in [0.1, 0.15) is 18.9 Å². The summed E-state index contributed by atoms with van der Waals surface area (Å²) in [4.78, 5) is 0.246. The Bertz CT molecular complexity index is 716. The van der Waals surface area contributed by atoms with E-state index in [1.54, 1.807) is 24.3 Å². The second kappa shape index (κ2) is 8.82. The fourth-order valence-electron chi connectivity index (χ4n) is 2.29. The molecule has 24 heavy (non-hydrogen) atoms. The number of rotatable bonds is 9. The molecule has 5 nitrogen and oxygen atoms in total. The van der Waals surface area contributed by atoms with Crippen molar-refractivity contribution in [2.24, 2.45) is 5.73 Å². The number of sulfonamides is 1. The number of benzene rings is 2. The van der Waals surface area contributed by atoms with Crippen LogP contribution in [-0.4, -0.2) is 32.4 Å². The highest BCUT2D eigenvalue weighted by atomic mass is 32.2. The molecular weight excluding hydrogens is 324 g/mol. The van der Waals surface area contributed by atoms with Gasteiger partial charge in [0.25, 0.3) is 0 Å². The van der Waals surface area contributed by atoms with E-state index in [1.807, 2.05) is 37.3 Å². The van der Waals surface area contributed by atoms with E-state index in [4.69, 9.17) is 10.5 Å². The van der Waals surface area contributed by atoms with E-state index in [0.717, 1.165) is 12.0 Å². The zero-order valence-electron chi connectivity index (χ0n) is 13.9. The summed E-state index contributed by atoms with van der Waals surface area (Å²) in [5.41, 5.74) is 6.54. The molecule has 2 N–H and O–H groups in total. The van der Waals surface area contributed by atoms with E-state index in [2.05, 4.69) is 0 Å². The molecule has 0 radical (unpaired) electrons. The van der Waals surface area contributed by atoms with Crippen molar-refractivity contribution >= 4 is 10.0 Å². The smallest absolute Gasteiger partial charge is 0.243 e. The van der Waals surface area contributed by atoms with Gasteiger partial charge >= 0.3 is 0 Å². The maximum atomic E-state index is 12.9. The zero-order valence-corrected chi connectivity index (χ0v) is 14.7. The number of hydrogen-bond donors (Lipinski definition) is 1. The van der Waals surface area contributed by atoms with Crippen LogP contribution >= 0.6 is 0 Å². The van der Waals surface area contributed by atoms with Crippen LogP contribution in [0.3, 0.4) is 0 Å². The summed E-state index contributed by atoms with van der Waals surface area (Å²) < 4.78 is 32.7. The van der Waals surface area contributed by atoms with Gasteiger partial charge in [0.05, 0.1) is 11.5 Å². The average Bonchev–Trinajstić information content (AvgIpc) is 2.61. The lowest BCUT2D eigenvalue weighted by Gasteiger charge is -2.22. The van der Waals surface area contributed by atoms with Gasteiger partial charge in [-0.3, -0.25) is 0 Å². The molecule has 0 fully saturated rings. The maximum Gasteiger partial charge on any atom is 0.243 e. The van der Waals surface area contributed by atoms with Crippen molar-refractivity contribution in [1.29, 1.82) is 0 Å². The van der Waals surface area contributed by atoms with Gasteiger partial charge < -0.3 is 10.5 Å². The quantitative estimate of drug-likeness (QED) is 0.756. The standard InChI is InChI=1S/C18H24N2O3S/c1-2-14-23-17-8-10-18(11-9-17)24(21,22)20(13-12-19)15-16-6-4-3-5-7-16/h3-11H,2,12-15,19H2,1H3. The molecule has 0 aliphatic carbocycles. The molecule has 2 aromatic carbocycles. The summed E-state index contributed by atoms with van der Waals surface area (Å²) in [5.74, 6) is 0.671. The molecule has 0 atom stereocenters. The molecule has 2 rings (SSSR count). The van der Waals surface area contributed by atoms with E-state index in [1.165, 1.54) is 4.31 Å². The summed E-state index contributed by atoms with van der Waals surface area (Å²) in [7, 11) is -3.60. The number of nitrogens with two attached hydrogens (primary N) is 1. The average molecular weight is 348 g/mol. The summed E-state index contributed by atoms with van der Waals surface area (Å²) in [6.07, 6.45) is 0.904. The largest absolute Gasteiger partial charge is 0.494 e. The molecule has 0 aromatic heterocycles. The lowest BCUT2D eigenvalue weighted by molar-refractivity contribution is 0.317. The van der Waals surface area contributed by atoms with Crippen LogP contribution in [-0.2, 0) is 16.6 Å². The van der Waals surface area contributed by atoms with Gasteiger partial charge in [-0.1, -0.05) is 37.3 Å². The fourth-order valence-corrected chi connectivity index (χ4v) is 3.74. The molecule has 0 unspecified atom stereocenters. The summed E-state index contributed by atoms with van der Waals surface area (Å²) >= 11 is 0. The first-order chi connectivity index (χ1) is 11.6. The lowest BCUT2D eigenvalue weighted by Crippen LogP contribution is -2.34. The third-order valence-electron chi connectivity index (χ3n) is 3.51. The van der Waals surface area contributed by atoms with Crippen molar-refractivity contribution in [2.75, 3.05) is 19.7 Å². The minimum absolute atomic E-state index is 0.246. The first kappa shape index (κ1) is 18.4. The Labute approximate surface area is 144 Å². The van der Waals surface area contributed by atoms with E-state index < -0.39 is 10.0 Å². The molecule has 0 saturated heterocycles. The number of nitrogens with zero attached hydrogens (tertiary/aromatic N) is 1. The van der Waals surface area contributed by atoms with Crippen molar-refractivity contribution < 1.29 is 13.2 Å². The summed E-state index contributed by atoms with van der Waals surface area (Å²) in [6, 6.07) is 16.0. The molecule has 0 amide bonds. The van der Waals surface area contributed by atoms with Gasteiger partial charge in [-0.15, -0.1) is 0 Å². The van der Waals surface area contributed by atoms with Crippen molar-refractivity contribution in [3.05, 3.63) is 60.2 Å². The van der Waals surface area contributed by atoms with Crippen molar-refractivity contribution in [3.63, 3.8) is 0 Å². The minimum Gasteiger partial charge on any atom is -0.494 e. The second-order valence-corrected chi connectivity index (χ2v) is 7.37. The minimum atomic E-state index is -3.60. The van der Waals surface area contributed by atoms with Crippen molar-refractivity contribution in [1.82, 2.24) is 4.31 Å². The SMILES string of the molecule is CCCOc1ccc(S(=O)(=O)N(CCN)Cc2ccccc2)cc1. The maximum absolute atomic E-state index is 12.9. The Balaban J connectivity index is 2.20. The molecule has 0 saturated carbocycles. The Hall–Kier alpha value is -1.89. The van der Waals surface area contributed by atoms with Gasteiger partial charge in [0.1, 0.15) is 5.75 Å². The van der Waals surface area contributed by atoms with Crippen LogP contribution in [0.15, 0.2) is 59.5 Å². The third kappa shape index (κ3) is 4.80. The summed E-state index contributed by atoms with van der Waals surface area (Å²) in [6.45, 7) is 3.47. The van der Waals surface area contributed by atoms with Crippen LogP contribution in [0.5, 0.6) is 5.75 Å². The van der Waals surface area contributed by atoms with Crippen LogP contribution < -0.4 is 10.5 Å². The topological polar surface area (TPSA) is 72.6 Å². The zero-order chi connectivity index (χ0) is 17.4. The van der Waals surface area contributed by atoms with Crippen LogP contribution in [0, 0.1) is 0 Å². The first-order valence-electron chi connectivity index (χ1n) is 8.05. The van der Waals surface area contributed by atoms with E-state index in [9.17, 15) is 8.42 Å². The lowest BCUT2D eigenvalue weighted by atomic mass is 10.2. The molecule has 0 bridgehead atoms. The van der Waals surface area contributed by atoms with E-state index in [-0.39, 0.29) is 18.0 Å². The van der Waals surface area contributed by atoms with Gasteiger partial charge in [0.2, 0.25) is 10.0 Å². The van der Waals surface area contributed by atoms with E-state index in [0.29, 0.717) is 18.9 Å². The van der Waals surface area contributed by atoms with Gasteiger partial charge in [0.15, 0.2) is 0 Å². The Kier molecular flexibility index (Phi) is 6.78. The first-order valence-corrected chi connectivity index (χ1v) is 9.49. The monoisotopic (exact) mass is 348 g/mol. The van der Waals surface area contributed by atoms with Crippen molar-refractivity contribution in [3.8, 4) is 5.75 Å². The normalized spacial score (nSPS) is 11.6. The third-order valence-corrected chi connectivity index (χ3v) is 5.37. The predicted octanol–water partition coefficient (Wildman–Crippen LogP) is 2.63. The fraction of sp³-hybridized carbons (Fsp3) is 0.333. The number of hydrogen-bond acceptors (Lipinski definition) is 4. The Morgan fingerprint density at radius 2 is 1.71 bits per heavy atom. The number of ether oxygens (including phenoxy) is 1. The molecule has 0 spiro atoms. The Morgan fingerprint density at radius 1 is 1.04 bits per heavy atom. The molecule has 6 heteroatoms. The van der Waals surface area contributed by atoms with Crippen LogP contribution in [0.4, 0.5) is 0 Å². The molecular formula is C18H24N2O3S. The predicted molar refractivity (Wildman–Crippen MR) is 95.3 cm³/mol. The summed E-state index contributed by atoms with van der Waals surface area (Å²) in [5, 5.41) is 0.